The second kappa shape index (κ2) is 6.32. The smallest absolute Gasteiger partial charge is 0.255 e. The molecule has 0 radical (unpaired) electrons. The molecule has 0 spiro atoms. The average molecular weight is 305 g/mol. The SMILES string of the molecule is Cc1ccc(C(=O)N2CC[C@@](O)(CN3CCOCC3)C2)cn1. The second-order valence-corrected chi connectivity index (χ2v) is 6.28. The highest BCUT2D eigenvalue weighted by Gasteiger charge is 2.39. The summed E-state index contributed by atoms with van der Waals surface area (Å²) in [6.07, 6.45) is 2.23. The van der Waals surface area contributed by atoms with Crippen molar-refractivity contribution in [3.8, 4) is 0 Å². The summed E-state index contributed by atoms with van der Waals surface area (Å²) in [6, 6.07) is 3.63. The van der Waals surface area contributed by atoms with Crippen molar-refractivity contribution in [2.45, 2.75) is 18.9 Å². The van der Waals surface area contributed by atoms with Gasteiger partial charge in [-0.2, -0.15) is 0 Å². The third-order valence-corrected chi connectivity index (χ3v) is 4.40. The molecule has 2 aliphatic rings. The van der Waals surface area contributed by atoms with Gasteiger partial charge in [0, 0.05) is 38.1 Å². The van der Waals surface area contributed by atoms with Gasteiger partial charge in [0.2, 0.25) is 0 Å². The van der Waals surface area contributed by atoms with Gasteiger partial charge in [-0.1, -0.05) is 0 Å². The molecule has 2 aliphatic heterocycles. The van der Waals surface area contributed by atoms with E-state index in [1.165, 1.54) is 0 Å². The molecule has 6 heteroatoms. The standard InChI is InChI=1S/C16H23N3O3/c1-13-2-3-14(10-17-13)15(20)19-5-4-16(21,12-19)11-18-6-8-22-9-7-18/h2-3,10,21H,4-9,11-12H2,1H3/t16-/m1/s1. The molecule has 1 N–H and O–H groups in total. The van der Waals surface area contributed by atoms with Crippen LogP contribution in [0.1, 0.15) is 22.5 Å². The molecule has 2 fully saturated rings. The Balaban J connectivity index is 1.60. The van der Waals surface area contributed by atoms with Crippen molar-refractivity contribution < 1.29 is 14.6 Å². The maximum absolute atomic E-state index is 12.5. The molecule has 0 aromatic carbocycles. The van der Waals surface area contributed by atoms with Crippen LogP contribution in [0.4, 0.5) is 0 Å². The topological polar surface area (TPSA) is 65.9 Å². The van der Waals surface area contributed by atoms with Crippen LogP contribution in [0.3, 0.4) is 0 Å². The van der Waals surface area contributed by atoms with Crippen molar-refractivity contribution in [1.82, 2.24) is 14.8 Å². The van der Waals surface area contributed by atoms with Crippen LogP contribution in [0, 0.1) is 6.92 Å². The monoisotopic (exact) mass is 305 g/mol. The van der Waals surface area contributed by atoms with Gasteiger partial charge >= 0.3 is 0 Å². The van der Waals surface area contributed by atoms with Gasteiger partial charge in [-0.25, -0.2) is 0 Å². The molecule has 1 amide bonds. The Morgan fingerprint density at radius 1 is 1.36 bits per heavy atom. The zero-order valence-electron chi connectivity index (χ0n) is 13.0. The molecule has 1 aromatic heterocycles. The van der Waals surface area contributed by atoms with E-state index in [4.69, 9.17) is 4.74 Å². The molecule has 3 heterocycles. The summed E-state index contributed by atoms with van der Waals surface area (Å²) in [7, 11) is 0. The van der Waals surface area contributed by atoms with E-state index in [9.17, 15) is 9.90 Å². The number of hydrogen-bond donors (Lipinski definition) is 1. The molecular formula is C16H23N3O3. The third kappa shape index (κ3) is 3.45. The molecule has 3 rings (SSSR count). The predicted octanol–water partition coefficient (Wildman–Crippen LogP) is 0.299. The fourth-order valence-corrected chi connectivity index (χ4v) is 3.11. The van der Waals surface area contributed by atoms with Crippen LogP contribution in [0.15, 0.2) is 18.3 Å². The van der Waals surface area contributed by atoms with Crippen molar-refractivity contribution in [3.63, 3.8) is 0 Å². The highest BCUT2D eigenvalue weighted by atomic mass is 16.5. The first kappa shape index (κ1) is 15.4. The summed E-state index contributed by atoms with van der Waals surface area (Å²) in [5, 5.41) is 10.8. The lowest BCUT2D eigenvalue weighted by Crippen LogP contribution is -2.49. The van der Waals surface area contributed by atoms with E-state index >= 15 is 0 Å². The summed E-state index contributed by atoms with van der Waals surface area (Å²) in [5.74, 6) is -0.0506. The minimum Gasteiger partial charge on any atom is -0.387 e. The Hall–Kier alpha value is -1.50. The Morgan fingerprint density at radius 3 is 2.82 bits per heavy atom. The normalized spacial score (nSPS) is 26.4. The van der Waals surface area contributed by atoms with E-state index in [1.807, 2.05) is 13.0 Å². The lowest BCUT2D eigenvalue weighted by atomic mass is 10.0. The van der Waals surface area contributed by atoms with Crippen LogP contribution >= 0.6 is 0 Å². The molecule has 0 saturated carbocycles. The van der Waals surface area contributed by atoms with E-state index in [0.717, 1.165) is 18.8 Å². The summed E-state index contributed by atoms with van der Waals surface area (Å²) < 4.78 is 5.33. The molecule has 0 aliphatic carbocycles. The maximum atomic E-state index is 12.5. The number of rotatable bonds is 3. The largest absolute Gasteiger partial charge is 0.387 e. The molecule has 6 nitrogen and oxygen atoms in total. The zero-order valence-corrected chi connectivity index (χ0v) is 13.0. The number of β-amino-alcohol motifs (C(OH)–C–C–N with tert-alkyl or cyclic N) is 1. The lowest BCUT2D eigenvalue weighted by molar-refractivity contribution is -0.0257. The van der Waals surface area contributed by atoms with Gasteiger partial charge < -0.3 is 14.7 Å². The third-order valence-electron chi connectivity index (χ3n) is 4.40. The first-order valence-corrected chi connectivity index (χ1v) is 7.80. The summed E-state index contributed by atoms with van der Waals surface area (Å²) in [4.78, 5) is 20.6. The van der Waals surface area contributed by atoms with Crippen molar-refractivity contribution >= 4 is 5.91 Å². The van der Waals surface area contributed by atoms with Gasteiger partial charge in [0.1, 0.15) is 0 Å². The van der Waals surface area contributed by atoms with Crippen LogP contribution in [-0.4, -0.2) is 77.3 Å². The van der Waals surface area contributed by atoms with Gasteiger partial charge in [-0.05, 0) is 25.5 Å². The van der Waals surface area contributed by atoms with E-state index in [-0.39, 0.29) is 5.91 Å². The number of aryl methyl sites for hydroxylation is 1. The molecule has 120 valence electrons. The van der Waals surface area contributed by atoms with Crippen LogP contribution in [-0.2, 0) is 4.74 Å². The van der Waals surface area contributed by atoms with Crippen LogP contribution in [0.5, 0.6) is 0 Å². The number of hydrogen-bond acceptors (Lipinski definition) is 5. The Labute approximate surface area is 130 Å². The van der Waals surface area contributed by atoms with Gasteiger partial charge in [-0.3, -0.25) is 14.7 Å². The molecule has 1 atom stereocenters. The van der Waals surface area contributed by atoms with Crippen molar-refractivity contribution in [1.29, 1.82) is 0 Å². The van der Waals surface area contributed by atoms with E-state index < -0.39 is 5.60 Å². The first-order chi connectivity index (χ1) is 10.6. The number of carbonyl (C=O) groups excluding carboxylic acids is 1. The lowest BCUT2D eigenvalue weighted by Gasteiger charge is -2.33. The van der Waals surface area contributed by atoms with E-state index in [1.54, 1.807) is 17.2 Å². The molecule has 0 bridgehead atoms. The predicted molar refractivity (Wildman–Crippen MR) is 81.7 cm³/mol. The van der Waals surface area contributed by atoms with Gasteiger partial charge in [0.25, 0.3) is 5.91 Å². The second-order valence-electron chi connectivity index (χ2n) is 6.28. The van der Waals surface area contributed by atoms with Crippen LogP contribution in [0.25, 0.3) is 0 Å². The van der Waals surface area contributed by atoms with Crippen LogP contribution < -0.4 is 0 Å². The quantitative estimate of drug-likeness (QED) is 0.870. The molecular weight excluding hydrogens is 282 g/mol. The number of aromatic nitrogens is 1. The fraction of sp³-hybridized carbons (Fsp3) is 0.625. The zero-order chi connectivity index (χ0) is 15.6. The average Bonchev–Trinajstić information content (AvgIpc) is 2.90. The van der Waals surface area contributed by atoms with Crippen molar-refractivity contribution in [2.75, 3.05) is 45.9 Å². The number of likely N-dealkylation sites (tertiary alicyclic amines) is 1. The highest BCUT2D eigenvalue weighted by Crippen LogP contribution is 2.24. The number of carbonyl (C=O) groups is 1. The number of aliphatic hydroxyl groups is 1. The summed E-state index contributed by atoms with van der Waals surface area (Å²) >= 11 is 0. The molecule has 2 saturated heterocycles. The molecule has 22 heavy (non-hydrogen) atoms. The van der Waals surface area contributed by atoms with Crippen molar-refractivity contribution in [2.24, 2.45) is 0 Å². The fourth-order valence-electron chi connectivity index (χ4n) is 3.11. The summed E-state index contributed by atoms with van der Waals surface area (Å²) in [6.45, 7) is 6.60. The first-order valence-electron chi connectivity index (χ1n) is 7.80. The van der Waals surface area contributed by atoms with Gasteiger partial charge in [0.05, 0.1) is 30.9 Å². The molecule has 0 unspecified atom stereocenters. The van der Waals surface area contributed by atoms with Crippen molar-refractivity contribution in [3.05, 3.63) is 29.6 Å². The number of ether oxygens (including phenoxy) is 1. The number of pyridine rings is 1. The maximum Gasteiger partial charge on any atom is 0.255 e. The number of morpholine rings is 1. The number of nitrogens with zero attached hydrogens (tertiary/aromatic N) is 3. The van der Waals surface area contributed by atoms with E-state index in [0.29, 0.717) is 44.8 Å². The Bertz CT molecular complexity index is 528. The van der Waals surface area contributed by atoms with Gasteiger partial charge in [-0.15, -0.1) is 0 Å². The Kier molecular flexibility index (Phi) is 4.42. The van der Waals surface area contributed by atoms with Crippen LogP contribution in [0.2, 0.25) is 0 Å². The minimum atomic E-state index is -0.814. The highest BCUT2D eigenvalue weighted by molar-refractivity contribution is 5.94. The molecule has 1 aromatic rings. The van der Waals surface area contributed by atoms with E-state index in [2.05, 4.69) is 9.88 Å². The van der Waals surface area contributed by atoms with Gasteiger partial charge in [0.15, 0.2) is 0 Å². The minimum absolute atomic E-state index is 0.0506. The Morgan fingerprint density at radius 2 is 2.14 bits per heavy atom. The number of amides is 1. The summed E-state index contributed by atoms with van der Waals surface area (Å²) in [5.41, 5.74) is 0.661.